The molecule has 2 unspecified atom stereocenters. The van der Waals surface area contributed by atoms with Gasteiger partial charge < -0.3 is 20.1 Å². The molecule has 0 amide bonds. The van der Waals surface area contributed by atoms with Crippen molar-refractivity contribution in [3.05, 3.63) is 42.7 Å². The van der Waals surface area contributed by atoms with Gasteiger partial charge in [0.15, 0.2) is 12.4 Å². The number of rotatable bonds is 10. The van der Waals surface area contributed by atoms with E-state index in [0.717, 1.165) is 0 Å². The van der Waals surface area contributed by atoms with Crippen LogP contribution < -0.4 is 20.1 Å². The largest absolute Gasteiger partial charge is 0.454 e. The zero-order valence-corrected chi connectivity index (χ0v) is 16.8. The number of halogens is 5. The molecule has 0 aliphatic rings. The minimum atomic E-state index is -4.54. The topological polar surface area (TPSA) is 81.2 Å². The van der Waals surface area contributed by atoms with Crippen LogP contribution >= 0.6 is 20.8 Å². The molecule has 29 heavy (non-hydrogen) atoms. The van der Waals surface area contributed by atoms with Crippen LogP contribution in [0.4, 0.5) is 29.2 Å². The van der Waals surface area contributed by atoms with Crippen molar-refractivity contribution >= 4 is 32.5 Å². The number of ether oxygens (including phenoxy) is 2. The highest BCUT2D eigenvalue weighted by Crippen LogP contribution is 2.30. The van der Waals surface area contributed by atoms with Gasteiger partial charge >= 0.3 is 17.2 Å². The van der Waals surface area contributed by atoms with Crippen LogP contribution in [0.25, 0.3) is 0 Å². The first kappa shape index (κ1) is 23.1. The molecule has 1 aromatic heterocycles. The summed E-state index contributed by atoms with van der Waals surface area (Å²) in [6.07, 6.45) is -2.93. The van der Waals surface area contributed by atoms with Gasteiger partial charge in [-0.3, -0.25) is 0 Å². The molecule has 2 rings (SSSR count). The van der Waals surface area contributed by atoms with Crippen LogP contribution in [0.1, 0.15) is 5.82 Å². The number of alkyl halides is 5. The highest BCUT2D eigenvalue weighted by atomic mass is 35.5. The van der Waals surface area contributed by atoms with Crippen molar-refractivity contribution in [1.29, 1.82) is 0 Å². The van der Waals surface area contributed by atoms with Crippen LogP contribution in [0.2, 0.25) is 0 Å². The molecule has 0 saturated heterocycles. The lowest BCUT2D eigenvalue weighted by Gasteiger charge is -2.15. The van der Waals surface area contributed by atoms with E-state index in [0.29, 0.717) is 12.2 Å². The molecule has 0 fully saturated rings. The summed E-state index contributed by atoms with van der Waals surface area (Å²) >= 11 is 5.31. The minimum absolute atomic E-state index is 0.0375. The summed E-state index contributed by atoms with van der Waals surface area (Å²) < 4.78 is 59.9. The molecule has 2 atom stereocenters. The first-order valence-corrected chi connectivity index (χ1v) is 8.98. The van der Waals surface area contributed by atoms with Crippen molar-refractivity contribution in [3.8, 4) is 11.8 Å². The summed E-state index contributed by atoms with van der Waals surface area (Å²) in [6.45, 7) is 2.61. The Labute approximate surface area is 171 Å². The van der Waals surface area contributed by atoms with Crippen LogP contribution in [0, 0.1) is 0 Å². The van der Waals surface area contributed by atoms with Crippen LogP contribution in [-0.2, 0) is 6.54 Å². The summed E-state index contributed by atoms with van der Waals surface area (Å²) in [6, 6.07) is 5.40. The Morgan fingerprint density at radius 3 is 2.41 bits per heavy atom. The number of aromatic nitrogens is 3. The fourth-order valence-electron chi connectivity index (χ4n) is 1.92. The second kappa shape index (κ2) is 10.00. The average molecular weight is 454 g/mol. The summed E-state index contributed by atoms with van der Waals surface area (Å²) in [5.41, 5.74) is 0.457. The van der Waals surface area contributed by atoms with Crippen molar-refractivity contribution in [3.63, 3.8) is 0 Å². The third kappa shape index (κ3) is 9.21. The normalized spacial score (nSPS) is 13.4. The number of anilines is 2. The second-order valence-corrected chi connectivity index (χ2v) is 7.12. The van der Waals surface area contributed by atoms with Gasteiger partial charge in [-0.25, -0.2) is 0 Å². The van der Waals surface area contributed by atoms with Gasteiger partial charge in [0.05, 0.1) is 6.54 Å². The third-order valence-corrected chi connectivity index (χ3v) is 3.16. The monoisotopic (exact) mass is 453 g/mol. The van der Waals surface area contributed by atoms with Crippen LogP contribution in [0.5, 0.6) is 11.8 Å². The van der Waals surface area contributed by atoms with Gasteiger partial charge in [-0.15, -0.1) is 6.58 Å². The standard InChI is InChI=1S/C16H17ClF4N5O2P/c1-2-7-22-8-12-24-13(26-14(25-12)27-9-15(18,19)20)23-10-3-5-11(6-4-10)28-16(17,21)29/h2-6,22H,1,7-9,29H2,(H,23,24,25,26). The highest BCUT2D eigenvalue weighted by molar-refractivity contribution is 7.21. The van der Waals surface area contributed by atoms with Crippen LogP contribution in [0.15, 0.2) is 36.9 Å². The Kier molecular flexibility index (Phi) is 7.95. The molecule has 7 nitrogen and oxygen atoms in total. The van der Waals surface area contributed by atoms with Gasteiger partial charge in [0, 0.05) is 12.2 Å². The predicted molar refractivity (Wildman–Crippen MR) is 103 cm³/mol. The molecule has 1 heterocycles. The fraction of sp³-hybridized carbons (Fsp3) is 0.312. The molecule has 13 heteroatoms. The smallest absolute Gasteiger partial charge is 0.422 e. The first-order valence-electron chi connectivity index (χ1n) is 8.03. The Hall–Kier alpha value is -2.23. The lowest BCUT2D eigenvalue weighted by atomic mass is 10.3. The lowest BCUT2D eigenvalue weighted by Crippen LogP contribution is -2.22. The minimum Gasteiger partial charge on any atom is -0.454 e. The van der Waals surface area contributed by atoms with E-state index in [1.165, 1.54) is 24.3 Å². The van der Waals surface area contributed by atoms with Crippen molar-refractivity contribution in [2.24, 2.45) is 0 Å². The predicted octanol–water partition coefficient (Wildman–Crippen LogP) is 3.91. The second-order valence-electron chi connectivity index (χ2n) is 5.49. The highest BCUT2D eigenvalue weighted by Gasteiger charge is 2.29. The van der Waals surface area contributed by atoms with E-state index in [-0.39, 0.29) is 24.1 Å². The van der Waals surface area contributed by atoms with Gasteiger partial charge in [-0.1, -0.05) is 6.08 Å². The zero-order valence-electron chi connectivity index (χ0n) is 14.8. The average Bonchev–Trinajstić information content (AvgIpc) is 2.60. The summed E-state index contributed by atoms with van der Waals surface area (Å²) in [5, 5.41) is 3.29. The Morgan fingerprint density at radius 1 is 1.14 bits per heavy atom. The Balaban J connectivity index is 2.16. The van der Waals surface area contributed by atoms with Gasteiger partial charge in [0.1, 0.15) is 5.75 Å². The van der Waals surface area contributed by atoms with E-state index < -0.39 is 23.8 Å². The van der Waals surface area contributed by atoms with Crippen molar-refractivity contribution < 1.29 is 27.0 Å². The van der Waals surface area contributed by atoms with Gasteiger partial charge in [-0.05, 0) is 45.1 Å². The van der Waals surface area contributed by atoms with E-state index in [1.807, 2.05) is 0 Å². The summed E-state index contributed by atoms with van der Waals surface area (Å²) in [4.78, 5) is 11.8. The lowest BCUT2D eigenvalue weighted by molar-refractivity contribution is -0.154. The van der Waals surface area contributed by atoms with E-state index in [4.69, 9.17) is 16.3 Å². The SMILES string of the molecule is C=CCNCc1nc(Nc2ccc(OC(F)(P)Cl)cc2)nc(OCC(F)(F)F)n1. The molecule has 0 spiro atoms. The van der Waals surface area contributed by atoms with Crippen LogP contribution in [-0.4, -0.2) is 39.3 Å². The van der Waals surface area contributed by atoms with E-state index in [9.17, 15) is 17.6 Å². The summed E-state index contributed by atoms with van der Waals surface area (Å²) in [5.74, 6) is 0.278. The number of benzene rings is 1. The Morgan fingerprint density at radius 2 is 1.83 bits per heavy atom. The molecule has 2 aromatic rings. The Bertz CT molecular complexity index is 818. The number of nitrogens with one attached hydrogen (secondary N) is 2. The van der Waals surface area contributed by atoms with Gasteiger partial charge in [-0.2, -0.15) is 32.5 Å². The molecule has 1 aromatic carbocycles. The molecular weight excluding hydrogens is 437 g/mol. The molecule has 158 valence electrons. The number of hydrogen-bond donors (Lipinski definition) is 2. The molecule has 0 aliphatic carbocycles. The fourth-order valence-corrected chi connectivity index (χ4v) is 2.15. The molecule has 2 N–H and O–H groups in total. The third-order valence-electron chi connectivity index (χ3n) is 2.96. The van der Waals surface area contributed by atoms with Gasteiger partial charge in [0.25, 0.3) is 0 Å². The van der Waals surface area contributed by atoms with E-state index in [1.54, 1.807) is 15.3 Å². The first-order chi connectivity index (χ1) is 13.5. The summed E-state index contributed by atoms with van der Waals surface area (Å²) in [7, 11) is 1.68. The maximum Gasteiger partial charge on any atom is 0.422 e. The molecule has 0 saturated carbocycles. The van der Waals surface area contributed by atoms with Crippen molar-refractivity contribution in [2.75, 3.05) is 18.5 Å². The van der Waals surface area contributed by atoms with Crippen LogP contribution in [0.3, 0.4) is 0 Å². The molecular formula is C16H17ClF4N5O2P. The van der Waals surface area contributed by atoms with E-state index >= 15 is 0 Å². The molecule has 0 aliphatic heterocycles. The maximum absolute atomic E-state index is 13.3. The van der Waals surface area contributed by atoms with Gasteiger partial charge in [0.2, 0.25) is 5.95 Å². The maximum atomic E-state index is 13.3. The molecule has 0 bridgehead atoms. The quantitative estimate of drug-likeness (QED) is 0.186. The van der Waals surface area contributed by atoms with Crippen molar-refractivity contribution in [2.45, 2.75) is 17.8 Å². The van der Waals surface area contributed by atoms with E-state index in [2.05, 4.69) is 36.9 Å². The molecule has 0 radical (unpaired) electrons. The zero-order chi connectivity index (χ0) is 21.5. The number of hydrogen-bond acceptors (Lipinski definition) is 7. The number of nitrogens with zero attached hydrogens (tertiary/aromatic N) is 3. The van der Waals surface area contributed by atoms with Crippen molar-refractivity contribution in [1.82, 2.24) is 20.3 Å².